The highest BCUT2D eigenvalue weighted by atomic mass is 31.2. The molecule has 116 valence electrons. The predicted octanol–water partition coefficient (Wildman–Crippen LogP) is -0.0951. The minimum atomic E-state index is -4.67. The van der Waals surface area contributed by atoms with Gasteiger partial charge in [0, 0.05) is 17.8 Å². The Kier molecular flexibility index (Phi) is 5.86. The molecule has 0 saturated heterocycles. The standard InChI is InChI=1S/C11H15N2O7P/c12-9-3-1-8(2-4-9)11(16)13(7-10(14)15)5-6-20-21(17,18)19/h1-4H,5-7,12H2,(H,14,15)(H2,17,18,19). The first kappa shape index (κ1) is 17.1. The van der Waals surface area contributed by atoms with Gasteiger partial charge in [-0.25, -0.2) is 4.57 Å². The normalized spacial score (nSPS) is 11.1. The van der Waals surface area contributed by atoms with E-state index in [1.165, 1.54) is 24.3 Å². The van der Waals surface area contributed by atoms with Crippen LogP contribution >= 0.6 is 7.82 Å². The molecule has 0 aromatic heterocycles. The lowest BCUT2D eigenvalue weighted by molar-refractivity contribution is -0.137. The largest absolute Gasteiger partial charge is 0.480 e. The van der Waals surface area contributed by atoms with Gasteiger partial charge in [0.25, 0.3) is 5.91 Å². The fourth-order valence-electron chi connectivity index (χ4n) is 1.49. The van der Waals surface area contributed by atoms with Crippen LogP contribution in [0, 0.1) is 0 Å². The van der Waals surface area contributed by atoms with Gasteiger partial charge in [0.2, 0.25) is 0 Å². The fraction of sp³-hybridized carbons (Fsp3) is 0.273. The number of carbonyl (C=O) groups is 2. The quantitative estimate of drug-likeness (QED) is 0.402. The molecule has 0 saturated carbocycles. The van der Waals surface area contributed by atoms with E-state index in [0.29, 0.717) is 5.69 Å². The van der Waals surface area contributed by atoms with Crippen molar-refractivity contribution in [2.75, 3.05) is 25.4 Å². The number of carboxylic acids is 1. The third kappa shape index (κ3) is 6.37. The van der Waals surface area contributed by atoms with E-state index in [-0.39, 0.29) is 12.1 Å². The van der Waals surface area contributed by atoms with Crippen LogP contribution in [-0.4, -0.2) is 51.4 Å². The number of aliphatic carboxylic acids is 1. The summed E-state index contributed by atoms with van der Waals surface area (Å²) in [5.41, 5.74) is 6.14. The second-order valence-corrected chi connectivity index (χ2v) is 5.31. The van der Waals surface area contributed by atoms with Gasteiger partial charge in [-0.1, -0.05) is 0 Å². The zero-order valence-corrected chi connectivity index (χ0v) is 11.8. The molecule has 0 aliphatic carbocycles. The number of nitrogens with zero attached hydrogens (tertiary/aromatic N) is 1. The molecule has 1 aromatic carbocycles. The van der Waals surface area contributed by atoms with E-state index in [4.69, 9.17) is 20.6 Å². The van der Waals surface area contributed by atoms with E-state index in [0.717, 1.165) is 4.90 Å². The van der Waals surface area contributed by atoms with Crippen molar-refractivity contribution >= 4 is 25.4 Å². The second-order valence-electron chi connectivity index (χ2n) is 4.07. The number of benzene rings is 1. The van der Waals surface area contributed by atoms with Crippen molar-refractivity contribution in [3.63, 3.8) is 0 Å². The highest BCUT2D eigenvalue weighted by Gasteiger charge is 2.20. The van der Waals surface area contributed by atoms with Gasteiger partial charge in [-0.3, -0.25) is 14.1 Å². The molecule has 0 fully saturated rings. The summed E-state index contributed by atoms with van der Waals surface area (Å²) in [5, 5.41) is 8.77. The van der Waals surface area contributed by atoms with Gasteiger partial charge >= 0.3 is 13.8 Å². The number of carbonyl (C=O) groups excluding carboxylic acids is 1. The zero-order chi connectivity index (χ0) is 16.0. The Balaban J connectivity index is 2.76. The molecule has 1 aromatic rings. The lowest BCUT2D eigenvalue weighted by Gasteiger charge is -2.20. The SMILES string of the molecule is Nc1ccc(C(=O)N(CCOP(=O)(O)O)CC(=O)O)cc1. The molecule has 0 aliphatic heterocycles. The van der Waals surface area contributed by atoms with Crippen LogP contribution in [-0.2, 0) is 13.9 Å². The van der Waals surface area contributed by atoms with Gasteiger partial charge in [-0.2, -0.15) is 0 Å². The van der Waals surface area contributed by atoms with E-state index in [1.807, 2.05) is 0 Å². The lowest BCUT2D eigenvalue weighted by atomic mass is 10.2. The van der Waals surface area contributed by atoms with Crippen LogP contribution in [0.5, 0.6) is 0 Å². The van der Waals surface area contributed by atoms with Crippen molar-refractivity contribution in [2.24, 2.45) is 0 Å². The number of hydrogen-bond acceptors (Lipinski definition) is 5. The lowest BCUT2D eigenvalue weighted by Crippen LogP contribution is -2.38. The van der Waals surface area contributed by atoms with Crippen molar-refractivity contribution in [1.82, 2.24) is 4.90 Å². The van der Waals surface area contributed by atoms with E-state index < -0.39 is 32.9 Å². The number of nitrogens with two attached hydrogens (primary N) is 1. The first-order valence-corrected chi connectivity index (χ1v) is 7.29. The number of nitrogen functional groups attached to an aromatic ring is 1. The van der Waals surface area contributed by atoms with Crippen molar-refractivity contribution in [1.29, 1.82) is 0 Å². The van der Waals surface area contributed by atoms with Gasteiger partial charge in [0.15, 0.2) is 0 Å². The molecule has 10 heteroatoms. The molecule has 0 unspecified atom stereocenters. The van der Waals surface area contributed by atoms with Crippen LogP contribution in [0.1, 0.15) is 10.4 Å². The maximum atomic E-state index is 12.1. The summed E-state index contributed by atoms with van der Waals surface area (Å²) in [6, 6.07) is 5.82. The molecule has 0 bridgehead atoms. The summed E-state index contributed by atoms with van der Waals surface area (Å²) in [4.78, 5) is 40.9. The van der Waals surface area contributed by atoms with Crippen LogP contribution in [0.3, 0.4) is 0 Å². The summed E-state index contributed by atoms with van der Waals surface area (Å²) < 4.78 is 14.8. The van der Waals surface area contributed by atoms with E-state index in [1.54, 1.807) is 0 Å². The van der Waals surface area contributed by atoms with Crippen LogP contribution in [0.25, 0.3) is 0 Å². The summed E-state index contributed by atoms with van der Waals surface area (Å²) in [6.07, 6.45) is 0. The zero-order valence-electron chi connectivity index (χ0n) is 10.9. The van der Waals surface area contributed by atoms with Gasteiger partial charge in [-0.05, 0) is 24.3 Å². The third-order valence-corrected chi connectivity index (χ3v) is 2.91. The Hall–Kier alpha value is -1.93. The minimum absolute atomic E-state index is 0.210. The molecule has 1 amide bonds. The number of rotatable bonds is 7. The van der Waals surface area contributed by atoms with Crippen LogP contribution in [0.2, 0.25) is 0 Å². The van der Waals surface area contributed by atoms with Crippen molar-refractivity contribution in [3.05, 3.63) is 29.8 Å². The van der Waals surface area contributed by atoms with Crippen molar-refractivity contribution in [3.8, 4) is 0 Å². The molecule has 0 aliphatic rings. The maximum Gasteiger partial charge on any atom is 0.469 e. The smallest absolute Gasteiger partial charge is 0.469 e. The number of hydrogen-bond donors (Lipinski definition) is 4. The summed E-state index contributed by atoms with van der Waals surface area (Å²) in [5.74, 6) is -1.86. The number of amides is 1. The molecule has 0 atom stereocenters. The average Bonchev–Trinajstić information content (AvgIpc) is 2.36. The van der Waals surface area contributed by atoms with E-state index in [2.05, 4.69) is 4.52 Å². The second kappa shape index (κ2) is 7.19. The topological polar surface area (TPSA) is 150 Å². The van der Waals surface area contributed by atoms with Gasteiger partial charge < -0.3 is 25.5 Å². The van der Waals surface area contributed by atoms with Crippen molar-refractivity contribution in [2.45, 2.75) is 0 Å². The molecule has 21 heavy (non-hydrogen) atoms. The summed E-state index contributed by atoms with van der Waals surface area (Å²) in [7, 11) is -4.67. The average molecular weight is 318 g/mol. The third-order valence-electron chi connectivity index (χ3n) is 2.39. The number of anilines is 1. The minimum Gasteiger partial charge on any atom is -0.480 e. The molecular weight excluding hydrogens is 303 g/mol. The Morgan fingerprint density at radius 3 is 2.29 bits per heavy atom. The maximum absolute atomic E-state index is 12.1. The Morgan fingerprint density at radius 2 is 1.81 bits per heavy atom. The number of phosphoric acid groups is 1. The predicted molar refractivity (Wildman–Crippen MR) is 72.4 cm³/mol. The Morgan fingerprint density at radius 1 is 1.24 bits per heavy atom. The molecule has 5 N–H and O–H groups in total. The van der Waals surface area contributed by atoms with Crippen LogP contribution in [0.15, 0.2) is 24.3 Å². The summed E-state index contributed by atoms with van der Waals surface area (Å²) in [6.45, 7) is -1.38. The Labute approximate surface area is 120 Å². The Bertz CT molecular complexity index is 554. The summed E-state index contributed by atoms with van der Waals surface area (Å²) >= 11 is 0. The van der Waals surface area contributed by atoms with Gasteiger partial charge in [-0.15, -0.1) is 0 Å². The molecular formula is C11H15N2O7P. The molecule has 9 nitrogen and oxygen atoms in total. The van der Waals surface area contributed by atoms with Gasteiger partial charge in [0.1, 0.15) is 6.54 Å². The first-order chi connectivity index (χ1) is 9.69. The van der Waals surface area contributed by atoms with E-state index in [9.17, 15) is 14.2 Å². The van der Waals surface area contributed by atoms with E-state index >= 15 is 0 Å². The van der Waals surface area contributed by atoms with Crippen molar-refractivity contribution < 1.29 is 33.6 Å². The fourth-order valence-corrected chi connectivity index (χ4v) is 1.81. The molecule has 0 spiro atoms. The number of phosphoric ester groups is 1. The molecule has 0 heterocycles. The highest BCUT2D eigenvalue weighted by Crippen LogP contribution is 2.35. The molecule has 0 radical (unpaired) electrons. The molecule has 1 rings (SSSR count). The van der Waals surface area contributed by atoms with Crippen LogP contribution in [0.4, 0.5) is 5.69 Å². The first-order valence-electron chi connectivity index (χ1n) is 5.76. The van der Waals surface area contributed by atoms with Crippen LogP contribution < -0.4 is 5.73 Å². The highest BCUT2D eigenvalue weighted by molar-refractivity contribution is 7.46. The monoisotopic (exact) mass is 318 g/mol. The van der Waals surface area contributed by atoms with Gasteiger partial charge in [0.05, 0.1) is 6.61 Å². The number of carboxylic acid groups (broad SMARTS) is 1.